The average molecular weight is 292 g/mol. The van der Waals surface area contributed by atoms with Crippen LogP contribution in [-0.4, -0.2) is 32.1 Å². The standard InChI is InChI=1S/C16H20O5/c1-9(5-15(17)20-4)16(18)12-8-13-11(6-10(2)21-13)7-14(12)19-3/h7-10H,5-6H2,1-4H3. The summed E-state index contributed by atoms with van der Waals surface area (Å²) in [5.74, 6) is 0.220. The van der Waals surface area contributed by atoms with Crippen molar-refractivity contribution in [1.82, 2.24) is 0 Å². The molecule has 2 rings (SSSR count). The summed E-state index contributed by atoms with van der Waals surface area (Å²) in [6, 6.07) is 3.56. The molecule has 0 spiro atoms. The van der Waals surface area contributed by atoms with E-state index in [2.05, 4.69) is 4.74 Å². The minimum atomic E-state index is -0.469. The highest BCUT2D eigenvalue weighted by atomic mass is 16.5. The molecule has 0 aromatic heterocycles. The third-order valence-electron chi connectivity index (χ3n) is 3.63. The van der Waals surface area contributed by atoms with Crippen molar-refractivity contribution in [1.29, 1.82) is 0 Å². The Morgan fingerprint density at radius 2 is 2.10 bits per heavy atom. The van der Waals surface area contributed by atoms with Crippen LogP contribution in [0.5, 0.6) is 11.5 Å². The van der Waals surface area contributed by atoms with Crippen LogP contribution in [0, 0.1) is 5.92 Å². The fourth-order valence-corrected chi connectivity index (χ4v) is 2.49. The second-order valence-corrected chi connectivity index (χ2v) is 5.34. The summed E-state index contributed by atoms with van der Waals surface area (Å²) < 4.78 is 15.6. The Morgan fingerprint density at radius 3 is 2.71 bits per heavy atom. The zero-order valence-electron chi connectivity index (χ0n) is 12.8. The van der Waals surface area contributed by atoms with Crippen LogP contribution in [0.25, 0.3) is 0 Å². The molecular formula is C16H20O5. The summed E-state index contributed by atoms with van der Waals surface area (Å²) in [6.45, 7) is 3.68. The van der Waals surface area contributed by atoms with Crippen LogP contribution in [0.1, 0.15) is 36.2 Å². The Kier molecular flexibility index (Phi) is 4.50. The van der Waals surface area contributed by atoms with E-state index >= 15 is 0 Å². The number of methoxy groups -OCH3 is 2. The fraction of sp³-hybridized carbons (Fsp3) is 0.500. The van der Waals surface area contributed by atoms with Crippen LogP contribution in [0.15, 0.2) is 12.1 Å². The first-order valence-corrected chi connectivity index (χ1v) is 6.94. The van der Waals surface area contributed by atoms with Gasteiger partial charge in [0.2, 0.25) is 0 Å². The molecule has 0 saturated carbocycles. The first-order valence-electron chi connectivity index (χ1n) is 6.94. The summed E-state index contributed by atoms with van der Waals surface area (Å²) in [5.41, 5.74) is 1.48. The molecule has 1 aromatic carbocycles. The van der Waals surface area contributed by atoms with Gasteiger partial charge in [-0.25, -0.2) is 0 Å². The van der Waals surface area contributed by atoms with Crippen molar-refractivity contribution in [2.24, 2.45) is 5.92 Å². The maximum Gasteiger partial charge on any atom is 0.306 e. The molecule has 5 heteroatoms. The van der Waals surface area contributed by atoms with Gasteiger partial charge in [-0.15, -0.1) is 0 Å². The van der Waals surface area contributed by atoms with Gasteiger partial charge in [0.25, 0.3) is 0 Å². The van der Waals surface area contributed by atoms with Crippen molar-refractivity contribution in [2.75, 3.05) is 14.2 Å². The van der Waals surface area contributed by atoms with E-state index in [4.69, 9.17) is 9.47 Å². The van der Waals surface area contributed by atoms with Gasteiger partial charge in [-0.05, 0) is 19.1 Å². The second-order valence-electron chi connectivity index (χ2n) is 5.34. The number of esters is 1. The third kappa shape index (κ3) is 3.17. The number of ketones is 1. The summed E-state index contributed by atoms with van der Waals surface area (Å²) in [6.07, 6.45) is 0.951. The Balaban J connectivity index is 2.28. The normalized spacial score (nSPS) is 17.6. The van der Waals surface area contributed by atoms with E-state index in [0.29, 0.717) is 11.3 Å². The molecule has 0 fully saturated rings. The molecule has 2 unspecified atom stereocenters. The monoisotopic (exact) mass is 292 g/mol. The van der Waals surface area contributed by atoms with Crippen molar-refractivity contribution in [3.05, 3.63) is 23.3 Å². The smallest absolute Gasteiger partial charge is 0.306 e. The first-order chi connectivity index (χ1) is 9.96. The number of benzene rings is 1. The Morgan fingerprint density at radius 1 is 1.38 bits per heavy atom. The van der Waals surface area contributed by atoms with Crippen LogP contribution in [0.2, 0.25) is 0 Å². The van der Waals surface area contributed by atoms with E-state index in [1.54, 1.807) is 13.0 Å². The molecule has 0 bridgehead atoms. The van der Waals surface area contributed by atoms with Crippen LogP contribution in [0.4, 0.5) is 0 Å². The van der Waals surface area contributed by atoms with Crippen LogP contribution >= 0.6 is 0 Å². The van der Waals surface area contributed by atoms with Gasteiger partial charge in [0, 0.05) is 17.9 Å². The minimum Gasteiger partial charge on any atom is -0.496 e. The maximum atomic E-state index is 12.5. The number of carbonyl (C=O) groups is 2. The van der Waals surface area contributed by atoms with Gasteiger partial charge in [-0.3, -0.25) is 9.59 Å². The average Bonchev–Trinajstić information content (AvgIpc) is 2.83. The summed E-state index contributed by atoms with van der Waals surface area (Å²) in [5, 5.41) is 0. The predicted octanol–water partition coefficient (Wildman–Crippen LogP) is 2.40. The van der Waals surface area contributed by atoms with Crippen molar-refractivity contribution in [2.45, 2.75) is 32.8 Å². The van der Waals surface area contributed by atoms with Gasteiger partial charge in [-0.1, -0.05) is 6.92 Å². The zero-order chi connectivity index (χ0) is 15.6. The lowest BCUT2D eigenvalue weighted by molar-refractivity contribution is -0.141. The Bertz CT molecular complexity index is 564. The molecule has 21 heavy (non-hydrogen) atoms. The number of ether oxygens (including phenoxy) is 3. The van der Waals surface area contributed by atoms with Gasteiger partial charge in [0.1, 0.15) is 17.6 Å². The largest absolute Gasteiger partial charge is 0.496 e. The lowest BCUT2D eigenvalue weighted by atomic mass is 9.94. The zero-order valence-corrected chi connectivity index (χ0v) is 12.8. The van der Waals surface area contributed by atoms with Crippen molar-refractivity contribution in [3.8, 4) is 11.5 Å². The van der Waals surface area contributed by atoms with Crippen molar-refractivity contribution < 1.29 is 23.8 Å². The molecule has 0 N–H and O–H groups in total. The number of fused-ring (bicyclic) bond motifs is 1. The van der Waals surface area contributed by atoms with Gasteiger partial charge in [0.05, 0.1) is 26.2 Å². The molecule has 114 valence electrons. The molecule has 2 atom stereocenters. The lowest BCUT2D eigenvalue weighted by Crippen LogP contribution is -2.17. The number of Topliss-reactive ketones (excluding diaryl/α,β-unsaturated/α-hetero) is 1. The molecular weight excluding hydrogens is 272 g/mol. The van der Waals surface area contributed by atoms with Crippen LogP contribution in [0.3, 0.4) is 0 Å². The van der Waals surface area contributed by atoms with Gasteiger partial charge in [-0.2, -0.15) is 0 Å². The molecule has 1 aliphatic heterocycles. The fourth-order valence-electron chi connectivity index (χ4n) is 2.49. The molecule has 0 aliphatic carbocycles. The summed E-state index contributed by atoms with van der Waals surface area (Å²) in [4.78, 5) is 23.8. The van der Waals surface area contributed by atoms with Gasteiger partial charge in [0.15, 0.2) is 5.78 Å². The Hall–Kier alpha value is -2.04. The highest BCUT2D eigenvalue weighted by Gasteiger charge is 2.27. The molecule has 1 aromatic rings. The highest BCUT2D eigenvalue weighted by Crippen LogP contribution is 2.36. The van der Waals surface area contributed by atoms with E-state index in [0.717, 1.165) is 17.7 Å². The Labute approximate surface area is 124 Å². The topological polar surface area (TPSA) is 61.8 Å². The number of hydrogen-bond acceptors (Lipinski definition) is 5. The molecule has 5 nitrogen and oxygen atoms in total. The van der Waals surface area contributed by atoms with Gasteiger partial charge >= 0.3 is 5.97 Å². The van der Waals surface area contributed by atoms with Crippen molar-refractivity contribution >= 4 is 11.8 Å². The molecule has 1 aliphatic rings. The molecule has 0 radical (unpaired) electrons. The van der Waals surface area contributed by atoms with E-state index in [9.17, 15) is 9.59 Å². The SMILES string of the molecule is COC(=O)CC(C)C(=O)c1cc2c(cc1OC)CC(C)O2. The second kappa shape index (κ2) is 6.16. The maximum absolute atomic E-state index is 12.5. The predicted molar refractivity (Wildman–Crippen MR) is 76.9 cm³/mol. The third-order valence-corrected chi connectivity index (χ3v) is 3.63. The quantitative estimate of drug-likeness (QED) is 0.616. The van der Waals surface area contributed by atoms with E-state index in [1.807, 2.05) is 13.0 Å². The van der Waals surface area contributed by atoms with E-state index in [-0.39, 0.29) is 18.3 Å². The molecule has 0 amide bonds. The van der Waals surface area contributed by atoms with E-state index in [1.165, 1.54) is 14.2 Å². The first kappa shape index (κ1) is 15.4. The molecule has 0 saturated heterocycles. The lowest BCUT2D eigenvalue weighted by Gasteiger charge is -2.14. The summed E-state index contributed by atoms with van der Waals surface area (Å²) in [7, 11) is 2.84. The summed E-state index contributed by atoms with van der Waals surface area (Å²) >= 11 is 0. The molecule has 1 heterocycles. The number of rotatable bonds is 5. The highest BCUT2D eigenvalue weighted by molar-refractivity contribution is 6.02. The van der Waals surface area contributed by atoms with Crippen molar-refractivity contribution in [3.63, 3.8) is 0 Å². The minimum absolute atomic E-state index is 0.0484. The number of hydrogen-bond donors (Lipinski definition) is 0. The van der Waals surface area contributed by atoms with Gasteiger partial charge < -0.3 is 14.2 Å². The van der Waals surface area contributed by atoms with E-state index < -0.39 is 11.9 Å². The van der Waals surface area contributed by atoms with Crippen LogP contribution in [-0.2, 0) is 16.0 Å². The van der Waals surface area contributed by atoms with Crippen LogP contribution < -0.4 is 9.47 Å². The number of carbonyl (C=O) groups excluding carboxylic acids is 2.